The third kappa shape index (κ3) is 2.45. The van der Waals surface area contributed by atoms with Crippen molar-refractivity contribution in [3.63, 3.8) is 0 Å². The Hall–Kier alpha value is -0.0400. The van der Waals surface area contributed by atoms with Gasteiger partial charge in [-0.2, -0.15) is 0 Å². The Kier molecular flexibility index (Phi) is 3.51. The van der Waals surface area contributed by atoms with Gasteiger partial charge in [-0.3, -0.25) is 0 Å². The Morgan fingerprint density at radius 2 is 1.44 bits per heavy atom. The summed E-state index contributed by atoms with van der Waals surface area (Å²) in [5.74, 6) is 2.14. The third-order valence-corrected chi connectivity index (χ3v) is 5.29. The molecule has 3 rings (SSSR count). The van der Waals surface area contributed by atoms with Gasteiger partial charge in [0.05, 0.1) is 0 Å². The van der Waals surface area contributed by atoms with Gasteiger partial charge in [-0.05, 0) is 43.9 Å². The minimum absolute atomic E-state index is 0.865. The highest BCUT2D eigenvalue weighted by molar-refractivity contribution is 4.95. The lowest BCUT2D eigenvalue weighted by Gasteiger charge is -2.29. The van der Waals surface area contributed by atoms with E-state index in [1.165, 1.54) is 64.2 Å². The summed E-state index contributed by atoms with van der Waals surface area (Å²) in [5, 5.41) is 4.02. The molecule has 1 nitrogen and oxygen atoms in total. The van der Waals surface area contributed by atoms with Gasteiger partial charge in [0.1, 0.15) is 0 Å². The first-order valence-corrected chi connectivity index (χ1v) is 7.68. The molecule has 0 amide bonds. The van der Waals surface area contributed by atoms with Crippen LogP contribution in [0.4, 0.5) is 0 Å². The Morgan fingerprint density at radius 1 is 0.688 bits per heavy atom. The van der Waals surface area contributed by atoms with Gasteiger partial charge in [0.15, 0.2) is 0 Å². The molecule has 1 N–H and O–H groups in total. The van der Waals surface area contributed by atoms with E-state index in [4.69, 9.17) is 0 Å². The standard InChI is InChI=1S/C15H27N/c1-2-4-6-14(7-5-3-1)16-15-11-12-8-9-13(15)10-12/h12-16H,1-11H2. The molecule has 1 heteroatoms. The second-order valence-corrected chi connectivity index (χ2v) is 6.49. The van der Waals surface area contributed by atoms with Gasteiger partial charge in [-0.25, -0.2) is 0 Å². The van der Waals surface area contributed by atoms with Crippen LogP contribution in [0.5, 0.6) is 0 Å². The smallest absolute Gasteiger partial charge is 0.0101 e. The number of nitrogens with one attached hydrogen (secondary N) is 1. The summed E-state index contributed by atoms with van der Waals surface area (Å²) >= 11 is 0. The Labute approximate surface area is 100 Å². The monoisotopic (exact) mass is 221 g/mol. The zero-order valence-corrected chi connectivity index (χ0v) is 10.6. The minimum Gasteiger partial charge on any atom is -0.311 e. The van der Waals surface area contributed by atoms with Crippen molar-refractivity contribution in [1.82, 2.24) is 5.32 Å². The quantitative estimate of drug-likeness (QED) is 0.746. The molecule has 0 saturated heterocycles. The molecule has 92 valence electrons. The molecule has 3 aliphatic carbocycles. The Bertz CT molecular complexity index is 217. The largest absolute Gasteiger partial charge is 0.311 e. The van der Waals surface area contributed by atoms with Crippen molar-refractivity contribution in [3.05, 3.63) is 0 Å². The van der Waals surface area contributed by atoms with Gasteiger partial charge in [0.2, 0.25) is 0 Å². The Balaban J connectivity index is 1.49. The molecule has 0 radical (unpaired) electrons. The van der Waals surface area contributed by atoms with E-state index in [1.54, 1.807) is 6.42 Å². The fourth-order valence-electron chi connectivity index (χ4n) is 4.37. The number of hydrogen-bond acceptors (Lipinski definition) is 1. The second-order valence-electron chi connectivity index (χ2n) is 6.49. The highest BCUT2D eigenvalue weighted by Crippen LogP contribution is 2.44. The van der Waals surface area contributed by atoms with E-state index >= 15 is 0 Å². The van der Waals surface area contributed by atoms with Crippen LogP contribution in [-0.2, 0) is 0 Å². The van der Waals surface area contributed by atoms with Crippen molar-refractivity contribution in [2.75, 3.05) is 0 Å². The molecule has 0 aromatic carbocycles. The molecule has 3 saturated carbocycles. The van der Waals surface area contributed by atoms with E-state index in [9.17, 15) is 0 Å². The molecule has 16 heavy (non-hydrogen) atoms. The highest BCUT2D eigenvalue weighted by Gasteiger charge is 2.39. The lowest BCUT2D eigenvalue weighted by molar-refractivity contribution is 0.287. The van der Waals surface area contributed by atoms with Crippen LogP contribution in [0.2, 0.25) is 0 Å². The van der Waals surface area contributed by atoms with E-state index in [1.807, 2.05) is 0 Å². The van der Waals surface area contributed by atoms with Crippen molar-refractivity contribution in [1.29, 1.82) is 0 Å². The van der Waals surface area contributed by atoms with Crippen molar-refractivity contribution in [3.8, 4) is 0 Å². The summed E-state index contributed by atoms with van der Waals surface area (Å²) in [5.41, 5.74) is 0. The van der Waals surface area contributed by atoms with E-state index in [0.717, 1.165) is 23.9 Å². The zero-order chi connectivity index (χ0) is 10.8. The van der Waals surface area contributed by atoms with Crippen LogP contribution in [-0.4, -0.2) is 12.1 Å². The first kappa shape index (κ1) is 11.1. The second kappa shape index (κ2) is 5.08. The van der Waals surface area contributed by atoms with Crippen molar-refractivity contribution < 1.29 is 0 Å². The molecule has 0 aromatic heterocycles. The average molecular weight is 221 g/mol. The zero-order valence-electron chi connectivity index (χ0n) is 10.6. The van der Waals surface area contributed by atoms with E-state index < -0.39 is 0 Å². The van der Waals surface area contributed by atoms with Crippen LogP contribution in [0.25, 0.3) is 0 Å². The SMILES string of the molecule is C1CCCC(NC2CC3CCC2C3)CCC1. The van der Waals surface area contributed by atoms with E-state index in [2.05, 4.69) is 5.32 Å². The molecule has 3 fully saturated rings. The number of hydrogen-bond donors (Lipinski definition) is 1. The van der Waals surface area contributed by atoms with Crippen LogP contribution in [0.3, 0.4) is 0 Å². The Morgan fingerprint density at radius 3 is 2.06 bits per heavy atom. The van der Waals surface area contributed by atoms with Crippen LogP contribution >= 0.6 is 0 Å². The summed E-state index contributed by atoms with van der Waals surface area (Å²) in [6, 6.07) is 1.77. The van der Waals surface area contributed by atoms with E-state index in [-0.39, 0.29) is 0 Å². The van der Waals surface area contributed by atoms with Crippen LogP contribution in [0.15, 0.2) is 0 Å². The average Bonchev–Trinajstić information content (AvgIpc) is 2.83. The maximum Gasteiger partial charge on any atom is 0.0101 e. The fourth-order valence-corrected chi connectivity index (χ4v) is 4.37. The summed E-state index contributed by atoms with van der Waals surface area (Å²) in [6.45, 7) is 0. The summed E-state index contributed by atoms with van der Waals surface area (Å²) < 4.78 is 0. The molecule has 0 spiro atoms. The fraction of sp³-hybridized carbons (Fsp3) is 1.00. The molecular formula is C15H27N. The lowest BCUT2D eigenvalue weighted by atomic mass is 9.91. The molecular weight excluding hydrogens is 194 g/mol. The molecule has 3 aliphatic rings. The number of rotatable bonds is 2. The molecule has 3 unspecified atom stereocenters. The maximum atomic E-state index is 4.02. The summed E-state index contributed by atoms with van der Waals surface area (Å²) in [4.78, 5) is 0. The summed E-state index contributed by atoms with van der Waals surface area (Å²) in [7, 11) is 0. The maximum absolute atomic E-state index is 4.02. The van der Waals surface area contributed by atoms with Gasteiger partial charge in [-0.15, -0.1) is 0 Å². The van der Waals surface area contributed by atoms with Gasteiger partial charge in [0.25, 0.3) is 0 Å². The van der Waals surface area contributed by atoms with Crippen LogP contribution < -0.4 is 5.32 Å². The minimum atomic E-state index is 0.865. The van der Waals surface area contributed by atoms with Crippen LogP contribution in [0, 0.1) is 11.8 Å². The first-order valence-electron chi connectivity index (χ1n) is 7.68. The van der Waals surface area contributed by atoms with Crippen molar-refractivity contribution >= 4 is 0 Å². The number of fused-ring (bicyclic) bond motifs is 2. The molecule has 0 aromatic rings. The van der Waals surface area contributed by atoms with Crippen molar-refractivity contribution in [2.45, 2.75) is 82.7 Å². The predicted molar refractivity (Wildman–Crippen MR) is 68.5 cm³/mol. The molecule has 0 heterocycles. The van der Waals surface area contributed by atoms with Crippen molar-refractivity contribution in [2.24, 2.45) is 11.8 Å². The molecule has 2 bridgehead atoms. The third-order valence-electron chi connectivity index (χ3n) is 5.29. The van der Waals surface area contributed by atoms with Gasteiger partial charge in [-0.1, -0.05) is 38.5 Å². The van der Waals surface area contributed by atoms with Gasteiger partial charge < -0.3 is 5.32 Å². The molecule has 3 atom stereocenters. The summed E-state index contributed by atoms with van der Waals surface area (Å²) in [6.07, 6.45) is 16.4. The van der Waals surface area contributed by atoms with E-state index in [0.29, 0.717) is 0 Å². The molecule has 0 aliphatic heterocycles. The predicted octanol–water partition coefficient (Wildman–Crippen LogP) is 3.88. The topological polar surface area (TPSA) is 12.0 Å². The first-order chi connectivity index (χ1) is 7.92. The lowest BCUT2D eigenvalue weighted by Crippen LogP contribution is -2.41. The normalized spacial score (nSPS) is 40.9. The van der Waals surface area contributed by atoms with Gasteiger partial charge >= 0.3 is 0 Å². The highest BCUT2D eigenvalue weighted by atomic mass is 15.0. The van der Waals surface area contributed by atoms with Crippen LogP contribution in [0.1, 0.15) is 70.6 Å². The van der Waals surface area contributed by atoms with Gasteiger partial charge in [0, 0.05) is 12.1 Å².